The normalized spacial score (nSPS) is 13.5. The molecular formula is C18H11NO5. The van der Waals surface area contributed by atoms with Gasteiger partial charge in [0.25, 0.3) is 11.8 Å². The summed E-state index contributed by atoms with van der Waals surface area (Å²) in [5.41, 5.74) is 1.95. The summed E-state index contributed by atoms with van der Waals surface area (Å²) in [6, 6.07) is 13.3. The number of carbonyl (C=O) groups is 3. The molecule has 2 heterocycles. The first-order valence-corrected chi connectivity index (χ1v) is 7.25. The van der Waals surface area contributed by atoms with Gasteiger partial charge in [-0.2, -0.15) is 0 Å². The molecule has 6 nitrogen and oxygen atoms in total. The Hall–Kier alpha value is -3.41. The van der Waals surface area contributed by atoms with Gasteiger partial charge in [-0.1, -0.05) is 28.8 Å². The van der Waals surface area contributed by atoms with Gasteiger partial charge in [-0.05, 0) is 37.3 Å². The highest BCUT2D eigenvalue weighted by Crippen LogP contribution is 2.25. The molecule has 118 valence electrons. The molecule has 0 N–H and O–H groups in total. The van der Waals surface area contributed by atoms with E-state index in [1.54, 1.807) is 18.2 Å². The average Bonchev–Trinajstić information content (AvgIpc) is 3.10. The summed E-state index contributed by atoms with van der Waals surface area (Å²) in [7, 11) is 0. The number of rotatable bonds is 2. The fourth-order valence-electron chi connectivity index (χ4n) is 2.64. The number of imide groups is 1. The Kier molecular flexibility index (Phi) is 2.99. The minimum atomic E-state index is -0.904. The fourth-order valence-corrected chi connectivity index (χ4v) is 2.64. The molecule has 1 aliphatic heterocycles. The summed E-state index contributed by atoms with van der Waals surface area (Å²) >= 11 is 0. The standard InChI is InChI=1S/C18H11NO5/c1-10-6-7-14-11(8-10)9-15(23-14)18(22)24-19-16(20)12-4-2-3-5-13(12)17(19)21/h2-9H,1H3. The highest BCUT2D eigenvalue weighted by Gasteiger charge is 2.39. The molecule has 0 aliphatic carbocycles. The SMILES string of the molecule is Cc1ccc2oc(C(=O)ON3C(=O)c4ccccc4C3=O)cc2c1. The summed E-state index contributed by atoms with van der Waals surface area (Å²) in [5, 5.41) is 1.20. The summed E-state index contributed by atoms with van der Waals surface area (Å²) in [6.07, 6.45) is 0. The number of hydrogen-bond donors (Lipinski definition) is 0. The van der Waals surface area contributed by atoms with Crippen molar-refractivity contribution in [3.8, 4) is 0 Å². The Balaban J connectivity index is 1.62. The molecule has 0 radical (unpaired) electrons. The van der Waals surface area contributed by atoms with Gasteiger partial charge < -0.3 is 9.25 Å². The quantitative estimate of drug-likeness (QED) is 0.678. The van der Waals surface area contributed by atoms with Crippen LogP contribution in [0.25, 0.3) is 11.0 Å². The van der Waals surface area contributed by atoms with E-state index in [1.807, 2.05) is 19.1 Å². The van der Waals surface area contributed by atoms with Gasteiger partial charge in [0.2, 0.25) is 5.76 Å². The lowest BCUT2D eigenvalue weighted by molar-refractivity contribution is -0.0602. The number of amides is 2. The van der Waals surface area contributed by atoms with E-state index < -0.39 is 17.8 Å². The Morgan fingerprint density at radius 2 is 1.67 bits per heavy atom. The first-order chi connectivity index (χ1) is 11.5. The molecule has 2 aromatic carbocycles. The molecule has 0 spiro atoms. The Bertz CT molecular complexity index is 982. The summed E-state index contributed by atoms with van der Waals surface area (Å²) < 4.78 is 5.42. The molecular weight excluding hydrogens is 310 g/mol. The topological polar surface area (TPSA) is 76.8 Å². The maximum absolute atomic E-state index is 12.2. The molecule has 0 unspecified atom stereocenters. The van der Waals surface area contributed by atoms with Crippen molar-refractivity contribution in [1.29, 1.82) is 0 Å². The van der Waals surface area contributed by atoms with Crippen LogP contribution in [0.3, 0.4) is 0 Å². The molecule has 0 saturated carbocycles. The van der Waals surface area contributed by atoms with Crippen molar-refractivity contribution in [2.75, 3.05) is 0 Å². The zero-order valence-electron chi connectivity index (χ0n) is 12.6. The lowest BCUT2D eigenvalue weighted by atomic mass is 10.1. The third-order valence-electron chi connectivity index (χ3n) is 3.80. The third kappa shape index (κ3) is 2.08. The number of carbonyl (C=O) groups excluding carboxylic acids is 3. The maximum Gasteiger partial charge on any atom is 0.399 e. The Morgan fingerprint density at radius 3 is 2.33 bits per heavy atom. The van der Waals surface area contributed by atoms with Crippen LogP contribution in [0.4, 0.5) is 0 Å². The van der Waals surface area contributed by atoms with Crippen molar-refractivity contribution >= 4 is 28.8 Å². The number of fused-ring (bicyclic) bond motifs is 2. The van der Waals surface area contributed by atoms with Crippen LogP contribution < -0.4 is 0 Å². The van der Waals surface area contributed by atoms with Crippen LogP contribution in [0.15, 0.2) is 52.9 Å². The minimum Gasteiger partial charge on any atom is -0.449 e. The van der Waals surface area contributed by atoms with Crippen LogP contribution in [0.1, 0.15) is 36.8 Å². The molecule has 1 aromatic heterocycles. The van der Waals surface area contributed by atoms with Gasteiger partial charge in [-0.3, -0.25) is 9.59 Å². The van der Waals surface area contributed by atoms with E-state index in [0.717, 1.165) is 10.9 Å². The molecule has 1 aliphatic rings. The average molecular weight is 321 g/mol. The van der Waals surface area contributed by atoms with Crippen LogP contribution in [-0.4, -0.2) is 22.8 Å². The van der Waals surface area contributed by atoms with Crippen LogP contribution >= 0.6 is 0 Å². The Morgan fingerprint density at radius 1 is 1.00 bits per heavy atom. The van der Waals surface area contributed by atoms with Crippen LogP contribution in [0, 0.1) is 6.92 Å². The number of hydroxylamine groups is 2. The highest BCUT2D eigenvalue weighted by molar-refractivity contribution is 6.21. The van der Waals surface area contributed by atoms with Crippen molar-refractivity contribution in [2.45, 2.75) is 6.92 Å². The zero-order chi connectivity index (χ0) is 16.8. The maximum atomic E-state index is 12.2. The Labute approximate surface area is 136 Å². The number of hydrogen-bond acceptors (Lipinski definition) is 5. The smallest absolute Gasteiger partial charge is 0.399 e. The van der Waals surface area contributed by atoms with E-state index >= 15 is 0 Å². The fraction of sp³-hybridized carbons (Fsp3) is 0.0556. The first-order valence-electron chi connectivity index (χ1n) is 7.25. The van der Waals surface area contributed by atoms with Crippen molar-refractivity contribution in [1.82, 2.24) is 5.06 Å². The molecule has 4 rings (SSSR count). The van der Waals surface area contributed by atoms with Gasteiger partial charge in [-0.25, -0.2) is 4.79 Å². The number of aryl methyl sites for hydroxylation is 1. The second-order valence-electron chi connectivity index (χ2n) is 5.48. The summed E-state index contributed by atoms with van der Waals surface area (Å²) in [6.45, 7) is 1.92. The molecule has 3 aromatic rings. The largest absolute Gasteiger partial charge is 0.449 e. The molecule has 24 heavy (non-hydrogen) atoms. The summed E-state index contributed by atoms with van der Waals surface area (Å²) in [4.78, 5) is 41.6. The summed E-state index contributed by atoms with van der Waals surface area (Å²) in [5.74, 6) is -2.32. The number of furan rings is 1. The van der Waals surface area contributed by atoms with Gasteiger partial charge in [-0.15, -0.1) is 0 Å². The zero-order valence-corrected chi connectivity index (χ0v) is 12.6. The van der Waals surface area contributed by atoms with E-state index in [0.29, 0.717) is 10.6 Å². The van der Waals surface area contributed by atoms with Gasteiger partial charge in [0.1, 0.15) is 5.58 Å². The molecule has 2 amide bonds. The highest BCUT2D eigenvalue weighted by atomic mass is 16.7. The molecule has 0 atom stereocenters. The van der Waals surface area contributed by atoms with Gasteiger partial charge >= 0.3 is 5.97 Å². The third-order valence-corrected chi connectivity index (χ3v) is 3.80. The van der Waals surface area contributed by atoms with Crippen LogP contribution in [-0.2, 0) is 4.84 Å². The van der Waals surface area contributed by atoms with Crippen molar-refractivity contribution in [3.05, 3.63) is 71.0 Å². The van der Waals surface area contributed by atoms with Crippen molar-refractivity contribution < 1.29 is 23.6 Å². The molecule has 6 heteroatoms. The molecule has 0 fully saturated rings. The predicted molar refractivity (Wildman–Crippen MR) is 83.3 cm³/mol. The lowest BCUT2D eigenvalue weighted by Gasteiger charge is -2.11. The lowest BCUT2D eigenvalue weighted by Crippen LogP contribution is -2.32. The molecule has 0 bridgehead atoms. The number of benzene rings is 2. The van der Waals surface area contributed by atoms with Crippen LogP contribution in [0.2, 0.25) is 0 Å². The van der Waals surface area contributed by atoms with E-state index in [2.05, 4.69) is 0 Å². The minimum absolute atomic E-state index is 0.0767. The van der Waals surface area contributed by atoms with E-state index in [-0.39, 0.29) is 16.9 Å². The predicted octanol–water partition coefficient (Wildman–Crippen LogP) is 3.11. The van der Waals surface area contributed by atoms with Gasteiger partial charge in [0.15, 0.2) is 0 Å². The second kappa shape index (κ2) is 5.06. The van der Waals surface area contributed by atoms with E-state index in [9.17, 15) is 14.4 Å². The van der Waals surface area contributed by atoms with Crippen molar-refractivity contribution in [2.24, 2.45) is 0 Å². The molecule has 0 saturated heterocycles. The van der Waals surface area contributed by atoms with Gasteiger partial charge in [0.05, 0.1) is 11.1 Å². The van der Waals surface area contributed by atoms with Crippen molar-refractivity contribution in [3.63, 3.8) is 0 Å². The van der Waals surface area contributed by atoms with Gasteiger partial charge in [0, 0.05) is 5.39 Å². The van der Waals surface area contributed by atoms with E-state index in [1.165, 1.54) is 18.2 Å². The first kappa shape index (κ1) is 14.2. The second-order valence-corrected chi connectivity index (χ2v) is 5.48. The monoisotopic (exact) mass is 321 g/mol. The van der Waals surface area contributed by atoms with E-state index in [4.69, 9.17) is 9.25 Å². The van der Waals surface area contributed by atoms with Crippen LogP contribution in [0.5, 0.6) is 0 Å². The number of nitrogens with zero attached hydrogens (tertiary/aromatic N) is 1.